The molecule has 4 aliphatic rings. The monoisotopic (exact) mass is 420 g/mol. The largest absolute Gasteiger partial charge is 0.458 e. The molecule has 4 fully saturated rings. The second kappa shape index (κ2) is 6.94. The van der Waals surface area contributed by atoms with Crippen LogP contribution in [-0.4, -0.2) is 56.5 Å². The van der Waals surface area contributed by atoms with Gasteiger partial charge >= 0.3 is 5.97 Å². The van der Waals surface area contributed by atoms with Crippen molar-refractivity contribution in [3.63, 3.8) is 0 Å². The van der Waals surface area contributed by atoms with Crippen molar-refractivity contribution < 1.29 is 18.8 Å². The summed E-state index contributed by atoms with van der Waals surface area (Å²) in [5.41, 5.74) is 1.10. The number of likely N-dealkylation sites (N-methyl/N-ethyl adjacent to an activating group) is 1. The minimum absolute atomic E-state index is 0.0393. The summed E-state index contributed by atoms with van der Waals surface area (Å²) in [7, 11) is 4.26. The summed E-state index contributed by atoms with van der Waals surface area (Å²) in [4.78, 5) is 12.8. The molecule has 4 saturated carbocycles. The van der Waals surface area contributed by atoms with Gasteiger partial charge in [0.25, 0.3) is 0 Å². The van der Waals surface area contributed by atoms with Gasteiger partial charge in [0.15, 0.2) is 6.54 Å². The first-order valence-electron chi connectivity index (χ1n) is 12.4. The molecule has 4 heteroatoms. The number of carbonyl (C=O) groups is 1. The first-order valence-corrected chi connectivity index (χ1v) is 12.4. The van der Waals surface area contributed by atoms with Gasteiger partial charge in [0.1, 0.15) is 12.6 Å². The molecule has 4 rings (SSSR count). The van der Waals surface area contributed by atoms with Crippen molar-refractivity contribution in [2.45, 2.75) is 92.3 Å². The van der Waals surface area contributed by atoms with E-state index in [2.05, 4.69) is 55.6 Å². The van der Waals surface area contributed by atoms with Crippen LogP contribution in [0.15, 0.2) is 0 Å². The number of ether oxygens (including phenoxy) is 2. The van der Waals surface area contributed by atoms with Gasteiger partial charge in [0.05, 0.1) is 26.8 Å². The molecule has 0 aromatic rings. The Hall–Kier alpha value is -0.610. The highest BCUT2D eigenvalue weighted by Gasteiger charge is 2.63. The predicted octanol–water partition coefficient (Wildman–Crippen LogP) is 5.05. The molecule has 0 spiro atoms. The summed E-state index contributed by atoms with van der Waals surface area (Å²) >= 11 is 0. The van der Waals surface area contributed by atoms with Crippen molar-refractivity contribution in [1.29, 1.82) is 0 Å². The lowest BCUT2D eigenvalue weighted by Crippen LogP contribution is -2.49. The molecule has 0 heterocycles. The van der Waals surface area contributed by atoms with Gasteiger partial charge in [-0.05, 0) is 66.6 Å². The molecule has 4 nitrogen and oxygen atoms in total. The Morgan fingerprint density at radius 1 is 0.867 bits per heavy atom. The van der Waals surface area contributed by atoms with E-state index in [0.717, 1.165) is 25.5 Å². The third-order valence-corrected chi connectivity index (χ3v) is 11.3. The lowest BCUT2D eigenvalue weighted by molar-refractivity contribution is -0.883. The van der Waals surface area contributed by atoms with Gasteiger partial charge in [-0.15, -0.1) is 0 Å². The van der Waals surface area contributed by atoms with Gasteiger partial charge in [0.2, 0.25) is 0 Å². The van der Waals surface area contributed by atoms with E-state index in [0.29, 0.717) is 33.9 Å². The molecule has 0 saturated heterocycles. The first kappa shape index (κ1) is 22.6. The predicted molar refractivity (Wildman–Crippen MR) is 120 cm³/mol. The maximum Gasteiger partial charge on any atom is 0.362 e. The van der Waals surface area contributed by atoms with E-state index in [-0.39, 0.29) is 22.9 Å². The van der Waals surface area contributed by atoms with E-state index in [9.17, 15) is 4.79 Å². The van der Waals surface area contributed by atoms with Gasteiger partial charge in [-0.2, -0.15) is 0 Å². The lowest BCUT2D eigenvalue weighted by atomic mass is 9.70. The first-order chi connectivity index (χ1) is 13.7. The summed E-state index contributed by atoms with van der Waals surface area (Å²) in [6.45, 7) is 16.4. The third kappa shape index (κ3) is 3.18. The number of esters is 1. The Labute approximate surface area is 184 Å². The van der Waals surface area contributed by atoms with Crippen LogP contribution in [0.25, 0.3) is 0 Å². The van der Waals surface area contributed by atoms with Crippen molar-refractivity contribution >= 4 is 5.97 Å². The van der Waals surface area contributed by atoms with Gasteiger partial charge < -0.3 is 14.0 Å². The average Bonchev–Trinajstić information content (AvgIpc) is 3.13. The fourth-order valence-corrected chi connectivity index (χ4v) is 7.76. The number of fused-ring (bicyclic) bond motifs is 4. The Kier molecular flexibility index (Phi) is 5.22. The molecule has 172 valence electrons. The highest BCUT2D eigenvalue weighted by Crippen LogP contribution is 2.67. The average molecular weight is 421 g/mol. The van der Waals surface area contributed by atoms with Gasteiger partial charge in [-0.3, -0.25) is 0 Å². The van der Waals surface area contributed by atoms with E-state index in [1.807, 2.05) is 0 Å². The van der Waals surface area contributed by atoms with Crippen molar-refractivity contribution in [1.82, 2.24) is 0 Å². The van der Waals surface area contributed by atoms with Crippen LogP contribution in [0.4, 0.5) is 0 Å². The lowest BCUT2D eigenvalue weighted by Gasteiger charge is -2.40. The fraction of sp³-hybridized carbons (Fsp3) is 0.962. The van der Waals surface area contributed by atoms with Gasteiger partial charge in [-0.1, -0.05) is 41.5 Å². The molecular formula is C26H46NO3+. The molecule has 0 aliphatic heterocycles. The van der Waals surface area contributed by atoms with E-state index >= 15 is 0 Å². The molecule has 0 aromatic carbocycles. The van der Waals surface area contributed by atoms with Crippen molar-refractivity contribution in [2.75, 3.05) is 33.8 Å². The van der Waals surface area contributed by atoms with Crippen molar-refractivity contribution in [3.8, 4) is 0 Å². The molecule has 30 heavy (non-hydrogen) atoms. The Morgan fingerprint density at radius 3 is 1.80 bits per heavy atom. The summed E-state index contributed by atoms with van der Waals surface area (Å²) in [5, 5.41) is 0. The molecule has 6 atom stereocenters. The SMILES string of the molecule is CC1(C)[C@H]2CC[C@@]1(C)[C@H](OC(=O)C[N+](C)(C)CCO[C@H]1C[C@H]3CC[C@@]1(C)C3(C)C)C2. The van der Waals surface area contributed by atoms with E-state index in [1.165, 1.54) is 32.1 Å². The minimum atomic E-state index is -0.0393. The third-order valence-electron chi connectivity index (χ3n) is 11.3. The Balaban J connectivity index is 1.26. The van der Waals surface area contributed by atoms with E-state index in [1.54, 1.807) is 0 Å². The standard InChI is InChI=1S/C26H46NO3/c1-23(2)18-9-11-25(23,5)20(15-18)29-14-13-27(7,8)17-22(28)30-21-16-19-10-12-26(21,6)24(19,3)4/h18-21H,9-17H2,1-8H3/q+1/t18-,19+,20+,21-,25-,26+/m1/s1. The molecule has 0 radical (unpaired) electrons. The van der Waals surface area contributed by atoms with Crippen LogP contribution < -0.4 is 0 Å². The quantitative estimate of drug-likeness (QED) is 0.427. The molecule has 0 N–H and O–H groups in total. The van der Waals surface area contributed by atoms with Crippen LogP contribution in [-0.2, 0) is 14.3 Å². The van der Waals surface area contributed by atoms with Crippen LogP contribution in [0.5, 0.6) is 0 Å². The highest BCUT2D eigenvalue weighted by atomic mass is 16.5. The number of hydrogen-bond donors (Lipinski definition) is 0. The zero-order chi connectivity index (χ0) is 22.2. The fourth-order valence-electron chi connectivity index (χ4n) is 7.76. The van der Waals surface area contributed by atoms with E-state index < -0.39 is 0 Å². The summed E-state index contributed by atoms with van der Waals surface area (Å²) in [6.07, 6.45) is 7.83. The van der Waals surface area contributed by atoms with Crippen LogP contribution in [0.3, 0.4) is 0 Å². The smallest absolute Gasteiger partial charge is 0.362 e. The summed E-state index contributed by atoms with van der Waals surface area (Å²) in [5.74, 6) is 1.46. The maximum atomic E-state index is 12.8. The van der Waals surface area contributed by atoms with Crippen molar-refractivity contribution in [2.24, 2.45) is 33.5 Å². The number of nitrogens with zero attached hydrogens (tertiary/aromatic N) is 1. The molecule has 0 amide bonds. The number of quaternary nitrogens is 1. The number of rotatable bonds is 7. The van der Waals surface area contributed by atoms with E-state index in [4.69, 9.17) is 9.47 Å². The highest BCUT2D eigenvalue weighted by molar-refractivity contribution is 5.71. The van der Waals surface area contributed by atoms with Crippen LogP contribution in [0.2, 0.25) is 0 Å². The number of carbonyl (C=O) groups excluding carboxylic acids is 1. The normalized spacial score (nSPS) is 43.3. The summed E-state index contributed by atoms with van der Waals surface area (Å²) < 4.78 is 13.2. The molecule has 0 unspecified atom stereocenters. The molecule has 4 bridgehead atoms. The van der Waals surface area contributed by atoms with Gasteiger partial charge in [-0.25, -0.2) is 4.79 Å². The van der Waals surface area contributed by atoms with Crippen LogP contribution in [0, 0.1) is 33.5 Å². The molecule has 0 aromatic heterocycles. The maximum absolute atomic E-state index is 12.8. The van der Waals surface area contributed by atoms with Crippen LogP contribution in [0.1, 0.15) is 80.1 Å². The Bertz CT molecular complexity index is 698. The van der Waals surface area contributed by atoms with Crippen LogP contribution >= 0.6 is 0 Å². The zero-order valence-electron chi connectivity index (χ0n) is 20.8. The molecule has 4 aliphatic carbocycles. The number of hydrogen-bond acceptors (Lipinski definition) is 3. The second-order valence-corrected chi connectivity index (χ2v) is 13.4. The summed E-state index contributed by atoms with van der Waals surface area (Å²) in [6, 6.07) is 0. The molecular weight excluding hydrogens is 374 g/mol. The topological polar surface area (TPSA) is 35.5 Å². The zero-order valence-corrected chi connectivity index (χ0v) is 20.8. The Morgan fingerprint density at radius 2 is 1.37 bits per heavy atom. The van der Waals surface area contributed by atoms with Gasteiger partial charge in [0, 0.05) is 5.41 Å². The second-order valence-electron chi connectivity index (χ2n) is 13.4. The minimum Gasteiger partial charge on any atom is -0.458 e. The van der Waals surface area contributed by atoms with Crippen molar-refractivity contribution in [3.05, 3.63) is 0 Å².